The minimum atomic E-state index is -0.243. The van der Waals surface area contributed by atoms with E-state index >= 15 is 0 Å². The van der Waals surface area contributed by atoms with E-state index in [0.29, 0.717) is 11.8 Å². The molecule has 0 aliphatic heterocycles. The molecule has 0 unspecified atom stereocenters. The fourth-order valence-electron chi connectivity index (χ4n) is 2.04. The highest BCUT2D eigenvalue weighted by molar-refractivity contribution is 9.10. The van der Waals surface area contributed by atoms with Crippen molar-refractivity contribution in [1.29, 1.82) is 0 Å². The van der Waals surface area contributed by atoms with E-state index in [0.717, 1.165) is 15.4 Å². The molecule has 5 heteroatoms. The number of thiophene rings is 1. The number of alkyl halides is 2. The molecule has 0 radical (unpaired) electrons. The summed E-state index contributed by atoms with van der Waals surface area (Å²) in [4.78, 5) is 1.28. The van der Waals surface area contributed by atoms with Crippen molar-refractivity contribution in [3.63, 3.8) is 0 Å². The summed E-state index contributed by atoms with van der Waals surface area (Å²) in [6.07, 6.45) is 0.846. The third-order valence-electron chi connectivity index (χ3n) is 3.09. The van der Waals surface area contributed by atoms with Crippen LogP contribution in [-0.4, -0.2) is 11.8 Å². The molecule has 1 aromatic heterocycles. The van der Waals surface area contributed by atoms with E-state index in [2.05, 4.69) is 49.4 Å². The molecule has 1 aromatic carbocycles. The van der Waals surface area contributed by atoms with Gasteiger partial charge in [-0.25, -0.2) is 0 Å². The third kappa shape index (κ3) is 3.56. The van der Waals surface area contributed by atoms with Gasteiger partial charge in [-0.1, -0.05) is 34.1 Å². The maximum absolute atomic E-state index is 6.28. The largest absolute Gasteiger partial charge is 0.148 e. The summed E-state index contributed by atoms with van der Waals surface area (Å²) in [7, 11) is 0. The predicted octanol–water partition coefficient (Wildman–Crippen LogP) is 6.23. The van der Waals surface area contributed by atoms with E-state index in [4.69, 9.17) is 23.2 Å². The van der Waals surface area contributed by atoms with E-state index < -0.39 is 0 Å². The van der Waals surface area contributed by atoms with Crippen molar-refractivity contribution in [1.82, 2.24) is 0 Å². The smallest absolute Gasteiger partial charge is 0.0335 e. The molecule has 0 bridgehead atoms. The average molecular weight is 443 g/mol. The molecule has 0 atom stereocenters. The number of rotatable bonds is 5. The molecule has 0 N–H and O–H groups in total. The van der Waals surface area contributed by atoms with Gasteiger partial charge in [-0.3, -0.25) is 0 Å². The molecule has 102 valence electrons. The van der Waals surface area contributed by atoms with Crippen molar-refractivity contribution in [2.75, 3.05) is 11.8 Å². The number of halogens is 4. The topological polar surface area (TPSA) is 0 Å². The molecule has 0 saturated carbocycles. The molecular weight excluding hydrogens is 431 g/mol. The van der Waals surface area contributed by atoms with Crippen LogP contribution in [0.3, 0.4) is 0 Å². The van der Waals surface area contributed by atoms with Crippen LogP contribution in [0, 0.1) is 0 Å². The summed E-state index contributed by atoms with van der Waals surface area (Å²) >= 11 is 21.4. The Hall–Kier alpha value is 0.460. The molecule has 0 fully saturated rings. The van der Waals surface area contributed by atoms with E-state index in [1.54, 1.807) is 11.3 Å². The van der Waals surface area contributed by atoms with Gasteiger partial charge in [-0.05, 0) is 40.0 Å². The van der Waals surface area contributed by atoms with Gasteiger partial charge in [-0.2, -0.15) is 0 Å². The van der Waals surface area contributed by atoms with Gasteiger partial charge in [0.25, 0.3) is 0 Å². The third-order valence-corrected chi connectivity index (χ3v) is 6.50. The zero-order chi connectivity index (χ0) is 13.9. The van der Waals surface area contributed by atoms with E-state index in [9.17, 15) is 0 Å². The lowest BCUT2D eigenvalue weighted by molar-refractivity contribution is 0.538. The van der Waals surface area contributed by atoms with Gasteiger partial charge >= 0.3 is 0 Å². The monoisotopic (exact) mass is 440 g/mol. The molecule has 2 aromatic rings. The van der Waals surface area contributed by atoms with Crippen molar-refractivity contribution < 1.29 is 0 Å². The van der Waals surface area contributed by atoms with Crippen LogP contribution in [0.2, 0.25) is 0 Å². The fraction of sp³-hybridized carbons (Fsp3) is 0.286. The van der Waals surface area contributed by atoms with Gasteiger partial charge in [0.05, 0.1) is 0 Å². The van der Waals surface area contributed by atoms with Gasteiger partial charge in [0.1, 0.15) is 0 Å². The SMILES string of the molecule is ClCC(CCl)(Cc1cc(Br)cs1)c1ccccc1Br. The standard InChI is InChI=1S/C14H12Br2Cl2S/c15-10-5-11(19-7-10)6-14(8-17,9-18)12-3-1-2-4-13(12)16/h1-5,7H,6,8-9H2. The van der Waals surface area contributed by atoms with Gasteiger partial charge in [0.2, 0.25) is 0 Å². The lowest BCUT2D eigenvalue weighted by Crippen LogP contribution is -2.33. The summed E-state index contributed by atoms with van der Waals surface area (Å²) in [5, 5.41) is 2.09. The Bertz CT molecular complexity index is 550. The quantitative estimate of drug-likeness (QED) is 0.481. The van der Waals surface area contributed by atoms with Crippen LogP contribution in [0.15, 0.2) is 44.7 Å². The Balaban J connectivity index is 2.40. The zero-order valence-electron chi connectivity index (χ0n) is 10.0. The molecule has 0 amide bonds. The Labute approximate surface area is 144 Å². The van der Waals surface area contributed by atoms with Crippen molar-refractivity contribution in [2.24, 2.45) is 0 Å². The molecule has 0 spiro atoms. The van der Waals surface area contributed by atoms with Gasteiger partial charge in [0, 0.05) is 36.4 Å². The van der Waals surface area contributed by atoms with E-state index in [-0.39, 0.29) is 5.41 Å². The average Bonchev–Trinajstić information content (AvgIpc) is 2.82. The highest BCUT2D eigenvalue weighted by Gasteiger charge is 2.33. The second kappa shape index (κ2) is 6.95. The van der Waals surface area contributed by atoms with Crippen molar-refractivity contribution in [2.45, 2.75) is 11.8 Å². The van der Waals surface area contributed by atoms with Crippen molar-refractivity contribution >= 4 is 66.4 Å². The molecule has 0 aliphatic carbocycles. The first kappa shape index (κ1) is 15.8. The van der Waals surface area contributed by atoms with E-state index in [1.165, 1.54) is 10.4 Å². The van der Waals surface area contributed by atoms with Crippen LogP contribution in [0.1, 0.15) is 10.4 Å². The Kier molecular flexibility index (Phi) is 5.79. The number of hydrogen-bond donors (Lipinski definition) is 0. The Morgan fingerprint density at radius 1 is 1.11 bits per heavy atom. The molecule has 1 heterocycles. The van der Waals surface area contributed by atoms with Crippen LogP contribution in [0.5, 0.6) is 0 Å². The molecule has 0 saturated heterocycles. The number of benzene rings is 1. The summed E-state index contributed by atoms with van der Waals surface area (Å²) in [6, 6.07) is 10.3. The first-order valence-electron chi connectivity index (χ1n) is 5.71. The Morgan fingerprint density at radius 3 is 2.32 bits per heavy atom. The summed E-state index contributed by atoms with van der Waals surface area (Å²) in [5.74, 6) is 0.989. The molecule has 2 rings (SSSR count). The highest BCUT2D eigenvalue weighted by atomic mass is 79.9. The normalized spacial score (nSPS) is 11.8. The van der Waals surface area contributed by atoms with Crippen LogP contribution in [0.25, 0.3) is 0 Å². The lowest BCUT2D eigenvalue weighted by atomic mass is 9.80. The first-order chi connectivity index (χ1) is 9.11. The Morgan fingerprint density at radius 2 is 1.79 bits per heavy atom. The molecule has 19 heavy (non-hydrogen) atoms. The second-order valence-electron chi connectivity index (χ2n) is 4.44. The van der Waals surface area contributed by atoms with Crippen LogP contribution in [0.4, 0.5) is 0 Å². The zero-order valence-corrected chi connectivity index (χ0v) is 15.5. The van der Waals surface area contributed by atoms with Crippen molar-refractivity contribution in [3.05, 3.63) is 55.1 Å². The van der Waals surface area contributed by atoms with Gasteiger partial charge in [0.15, 0.2) is 0 Å². The van der Waals surface area contributed by atoms with Crippen LogP contribution < -0.4 is 0 Å². The first-order valence-corrected chi connectivity index (χ1v) is 9.24. The molecule has 0 nitrogen and oxygen atoms in total. The van der Waals surface area contributed by atoms with Gasteiger partial charge in [-0.15, -0.1) is 34.5 Å². The summed E-state index contributed by atoms with van der Waals surface area (Å²) < 4.78 is 2.17. The summed E-state index contributed by atoms with van der Waals surface area (Å²) in [6.45, 7) is 0. The van der Waals surface area contributed by atoms with E-state index in [1.807, 2.05) is 18.2 Å². The maximum Gasteiger partial charge on any atom is 0.0335 e. The fourth-order valence-corrected chi connectivity index (χ4v) is 5.10. The van der Waals surface area contributed by atoms with Crippen LogP contribution >= 0.6 is 66.4 Å². The minimum absolute atomic E-state index is 0.243. The highest BCUT2D eigenvalue weighted by Crippen LogP contribution is 2.37. The van der Waals surface area contributed by atoms with Crippen molar-refractivity contribution in [3.8, 4) is 0 Å². The van der Waals surface area contributed by atoms with Crippen LogP contribution in [-0.2, 0) is 11.8 Å². The van der Waals surface area contributed by atoms with Gasteiger partial charge < -0.3 is 0 Å². The summed E-state index contributed by atoms with van der Waals surface area (Å²) in [5.41, 5.74) is 0.928. The number of hydrogen-bond acceptors (Lipinski definition) is 1. The molecule has 0 aliphatic rings. The minimum Gasteiger partial charge on any atom is -0.148 e. The lowest BCUT2D eigenvalue weighted by Gasteiger charge is -2.30. The predicted molar refractivity (Wildman–Crippen MR) is 93.0 cm³/mol. The molecular formula is C14H12Br2Cl2S. The second-order valence-corrected chi connectivity index (χ2v) is 7.74. The maximum atomic E-state index is 6.28.